The Morgan fingerprint density at radius 3 is 2.51 bits per heavy atom. The highest BCUT2D eigenvalue weighted by Crippen LogP contribution is 2.44. The lowest BCUT2D eigenvalue weighted by molar-refractivity contribution is -0.132. The van der Waals surface area contributed by atoms with E-state index in [9.17, 15) is 14.7 Å². The topological polar surface area (TPSA) is 92.6 Å². The molecule has 0 aliphatic carbocycles. The Balaban J connectivity index is 1.51. The summed E-state index contributed by atoms with van der Waals surface area (Å²) < 4.78 is 6.66. The second-order valence-electron chi connectivity index (χ2n) is 10.3. The Kier molecular flexibility index (Phi) is 8.85. The number of thioether (sulfide) groups is 1. The average Bonchev–Trinajstić information content (AvgIpc) is 3.54. The molecule has 5 rings (SSSR count). The zero-order valence-electron chi connectivity index (χ0n) is 23.1. The van der Waals surface area contributed by atoms with E-state index in [2.05, 4.69) is 48.3 Å². The van der Waals surface area contributed by atoms with Gasteiger partial charge in [0.15, 0.2) is 4.34 Å². The number of ether oxygens (including phenoxy) is 1. The van der Waals surface area contributed by atoms with Crippen LogP contribution in [0.1, 0.15) is 48.6 Å². The van der Waals surface area contributed by atoms with Crippen LogP contribution in [-0.4, -0.2) is 33.6 Å². The average molecular weight is 586 g/mol. The molecule has 1 fully saturated rings. The standard InChI is InChI=1S/C32H31N3O4S2/c1-20(2)16-17-39-25-11-7-10-24(18-25)27-26(28(36)23-8-5-4-6-9-23)29(37)30(38)35(27)31-33-34-32(41-31)40-19-22-14-12-21(3)13-15-22/h4-15,18,20,27,36H,16-17,19H2,1-3H3. The van der Waals surface area contributed by atoms with Crippen LogP contribution in [-0.2, 0) is 15.3 Å². The number of hydrogen-bond donors (Lipinski definition) is 1. The number of rotatable bonds is 10. The highest BCUT2D eigenvalue weighted by Gasteiger charge is 2.48. The maximum atomic E-state index is 13.5. The summed E-state index contributed by atoms with van der Waals surface area (Å²) in [6.45, 7) is 6.85. The van der Waals surface area contributed by atoms with Crippen LogP contribution in [0.3, 0.4) is 0 Å². The SMILES string of the molecule is Cc1ccc(CSc2nnc(N3C(=O)C(=O)C(=C(O)c4ccccc4)C3c3cccc(OCCC(C)C)c3)s2)cc1. The summed E-state index contributed by atoms with van der Waals surface area (Å²) in [5.41, 5.74) is 3.43. The molecular weight excluding hydrogens is 555 g/mol. The number of amides is 1. The molecule has 1 aromatic heterocycles. The minimum absolute atomic E-state index is 0.00425. The fourth-order valence-corrected chi connectivity index (χ4v) is 6.29. The zero-order chi connectivity index (χ0) is 28.9. The summed E-state index contributed by atoms with van der Waals surface area (Å²) in [6.07, 6.45) is 0.893. The van der Waals surface area contributed by atoms with E-state index in [0.717, 1.165) is 12.0 Å². The number of aliphatic hydroxyl groups is 1. The third kappa shape index (κ3) is 6.52. The number of hydrogen-bond acceptors (Lipinski definition) is 8. The van der Waals surface area contributed by atoms with E-state index in [-0.39, 0.29) is 11.3 Å². The number of aryl methyl sites for hydroxylation is 1. The van der Waals surface area contributed by atoms with Crippen molar-refractivity contribution in [2.75, 3.05) is 11.5 Å². The number of benzene rings is 3. The van der Waals surface area contributed by atoms with Crippen LogP contribution in [0.2, 0.25) is 0 Å². The minimum Gasteiger partial charge on any atom is -0.507 e. The molecule has 0 radical (unpaired) electrons. The Labute approximate surface area is 247 Å². The Morgan fingerprint density at radius 2 is 1.78 bits per heavy atom. The van der Waals surface area contributed by atoms with Crippen molar-refractivity contribution in [3.63, 3.8) is 0 Å². The second kappa shape index (κ2) is 12.7. The van der Waals surface area contributed by atoms with Crippen molar-refractivity contribution in [1.82, 2.24) is 10.2 Å². The minimum atomic E-state index is -0.897. The predicted octanol–water partition coefficient (Wildman–Crippen LogP) is 7.19. The normalized spacial score (nSPS) is 16.5. The molecule has 0 spiro atoms. The molecule has 0 saturated carbocycles. The van der Waals surface area contributed by atoms with Gasteiger partial charge >= 0.3 is 5.91 Å². The highest BCUT2D eigenvalue weighted by atomic mass is 32.2. The van der Waals surface area contributed by atoms with Crippen molar-refractivity contribution in [2.24, 2.45) is 5.92 Å². The number of carbonyl (C=O) groups excluding carboxylic acids is 2. The number of Topliss-reactive ketones (excluding diaryl/α,β-unsaturated/α-hetero) is 1. The van der Waals surface area contributed by atoms with Gasteiger partial charge in [-0.05, 0) is 42.5 Å². The first-order chi connectivity index (χ1) is 19.8. The first kappa shape index (κ1) is 28.6. The number of aromatic nitrogens is 2. The lowest BCUT2D eigenvalue weighted by Gasteiger charge is -2.23. The van der Waals surface area contributed by atoms with Crippen LogP contribution < -0.4 is 9.64 Å². The molecule has 41 heavy (non-hydrogen) atoms. The van der Waals surface area contributed by atoms with Gasteiger partial charge in [0.2, 0.25) is 5.13 Å². The van der Waals surface area contributed by atoms with E-state index in [1.807, 2.05) is 37.3 Å². The van der Waals surface area contributed by atoms with Crippen LogP contribution in [0.4, 0.5) is 5.13 Å². The summed E-state index contributed by atoms with van der Waals surface area (Å²) in [4.78, 5) is 28.3. The number of anilines is 1. The molecule has 0 bridgehead atoms. The smallest absolute Gasteiger partial charge is 0.301 e. The van der Waals surface area contributed by atoms with Gasteiger partial charge in [-0.25, -0.2) is 0 Å². The molecule has 1 aliphatic rings. The van der Waals surface area contributed by atoms with Crippen LogP contribution in [0, 0.1) is 12.8 Å². The van der Waals surface area contributed by atoms with Crippen molar-refractivity contribution in [3.05, 3.63) is 107 Å². The summed E-state index contributed by atoms with van der Waals surface area (Å²) in [5, 5.41) is 20.2. The van der Waals surface area contributed by atoms with E-state index in [1.54, 1.807) is 24.3 Å². The van der Waals surface area contributed by atoms with Crippen LogP contribution in [0.5, 0.6) is 5.75 Å². The van der Waals surface area contributed by atoms with Crippen LogP contribution in [0.15, 0.2) is 88.8 Å². The largest absolute Gasteiger partial charge is 0.507 e. The molecule has 1 unspecified atom stereocenters. The van der Waals surface area contributed by atoms with Gasteiger partial charge in [-0.3, -0.25) is 14.5 Å². The first-order valence-corrected chi connectivity index (χ1v) is 15.2. The van der Waals surface area contributed by atoms with Crippen molar-refractivity contribution in [3.8, 4) is 5.75 Å². The van der Waals surface area contributed by atoms with Gasteiger partial charge in [-0.15, -0.1) is 10.2 Å². The van der Waals surface area contributed by atoms with E-state index >= 15 is 0 Å². The molecular formula is C32H31N3O4S2. The zero-order valence-corrected chi connectivity index (χ0v) is 24.7. The monoisotopic (exact) mass is 585 g/mol. The van der Waals surface area contributed by atoms with E-state index in [1.165, 1.54) is 33.6 Å². The van der Waals surface area contributed by atoms with Gasteiger partial charge in [-0.2, -0.15) is 0 Å². The van der Waals surface area contributed by atoms with Crippen molar-refractivity contribution >= 4 is 45.7 Å². The molecule has 9 heteroatoms. The molecule has 210 valence electrons. The molecule has 1 aliphatic heterocycles. The van der Waals surface area contributed by atoms with Crippen LogP contribution >= 0.6 is 23.1 Å². The Morgan fingerprint density at radius 1 is 1.02 bits per heavy atom. The van der Waals surface area contributed by atoms with Gasteiger partial charge in [0.25, 0.3) is 5.78 Å². The first-order valence-electron chi connectivity index (χ1n) is 13.4. The maximum Gasteiger partial charge on any atom is 0.301 e. The molecule has 3 aromatic carbocycles. The van der Waals surface area contributed by atoms with Crippen LogP contribution in [0.25, 0.3) is 5.76 Å². The van der Waals surface area contributed by atoms with Crippen molar-refractivity contribution < 1.29 is 19.4 Å². The summed E-state index contributed by atoms with van der Waals surface area (Å²) in [5.74, 6) is 0.0464. The summed E-state index contributed by atoms with van der Waals surface area (Å²) in [7, 11) is 0. The van der Waals surface area contributed by atoms with Gasteiger partial charge in [-0.1, -0.05) is 109 Å². The fraction of sp³-hybridized carbons (Fsp3) is 0.250. The van der Waals surface area contributed by atoms with Gasteiger partial charge < -0.3 is 9.84 Å². The molecule has 1 saturated heterocycles. The fourth-order valence-electron chi connectivity index (χ4n) is 4.47. The number of nitrogens with zero attached hydrogens (tertiary/aromatic N) is 3. The molecule has 1 atom stereocenters. The lowest BCUT2D eigenvalue weighted by atomic mass is 9.95. The summed E-state index contributed by atoms with van der Waals surface area (Å²) in [6, 6.07) is 23.5. The molecule has 7 nitrogen and oxygen atoms in total. The molecule has 2 heterocycles. The Bertz CT molecular complexity index is 1570. The number of ketones is 1. The van der Waals surface area contributed by atoms with Crippen molar-refractivity contribution in [1.29, 1.82) is 0 Å². The predicted molar refractivity (Wildman–Crippen MR) is 163 cm³/mol. The number of carbonyl (C=O) groups is 2. The third-order valence-corrected chi connectivity index (χ3v) is 8.84. The lowest BCUT2D eigenvalue weighted by Crippen LogP contribution is -2.29. The highest BCUT2D eigenvalue weighted by molar-refractivity contribution is 8.00. The number of aliphatic hydroxyl groups excluding tert-OH is 1. The quantitative estimate of drug-likeness (QED) is 0.0692. The maximum absolute atomic E-state index is 13.5. The molecule has 1 N–H and O–H groups in total. The van der Waals surface area contributed by atoms with Gasteiger partial charge in [0.05, 0.1) is 18.2 Å². The van der Waals surface area contributed by atoms with E-state index in [0.29, 0.717) is 44.6 Å². The molecule has 1 amide bonds. The third-order valence-electron chi connectivity index (χ3n) is 6.71. The Hall–Kier alpha value is -3.95. The van der Waals surface area contributed by atoms with Crippen molar-refractivity contribution in [2.45, 2.75) is 43.3 Å². The van der Waals surface area contributed by atoms with E-state index in [4.69, 9.17) is 4.74 Å². The van der Waals surface area contributed by atoms with E-state index < -0.39 is 17.7 Å². The summed E-state index contributed by atoms with van der Waals surface area (Å²) >= 11 is 2.76. The second-order valence-corrected chi connectivity index (χ2v) is 12.4. The molecule has 4 aromatic rings. The van der Waals surface area contributed by atoms with Gasteiger partial charge in [0, 0.05) is 11.3 Å². The van der Waals surface area contributed by atoms with Gasteiger partial charge in [0.1, 0.15) is 11.5 Å².